The predicted octanol–water partition coefficient (Wildman–Crippen LogP) is 3.11. The van der Waals surface area contributed by atoms with Gasteiger partial charge >= 0.3 is 0 Å². The Morgan fingerprint density at radius 2 is 2.21 bits per heavy atom. The van der Waals surface area contributed by atoms with Gasteiger partial charge in [0.15, 0.2) is 0 Å². The monoisotopic (exact) mass is 203 g/mol. The summed E-state index contributed by atoms with van der Waals surface area (Å²) in [6.45, 7) is 3.80. The second-order valence-corrected chi connectivity index (χ2v) is 4.41. The van der Waals surface area contributed by atoms with Crippen LogP contribution in [0.2, 0.25) is 0 Å². The molecule has 1 aliphatic carbocycles. The maximum absolute atomic E-state index is 13.0. The highest BCUT2D eigenvalue weighted by atomic mass is 19.3. The lowest BCUT2D eigenvalue weighted by molar-refractivity contribution is -0.0454. The maximum Gasteiger partial charge on any atom is 0.248 e. The molecular weight excluding hydrogens is 184 g/mol. The largest absolute Gasteiger partial charge is 0.324 e. The molecule has 0 aliphatic heterocycles. The van der Waals surface area contributed by atoms with Crippen LogP contribution >= 0.6 is 0 Å². The molecule has 0 radical (unpaired) electrons. The van der Waals surface area contributed by atoms with Crippen LogP contribution in [0, 0.1) is 5.92 Å². The number of hydrogen-bond acceptors (Lipinski definition) is 1. The highest BCUT2D eigenvalue weighted by molar-refractivity contribution is 5.08. The SMILES string of the molecule is C/C(=C\C1CCCC(F)(F)C1)C(C)N. The summed E-state index contributed by atoms with van der Waals surface area (Å²) in [6, 6.07) is -0.0226. The molecule has 0 bridgehead atoms. The molecule has 0 amide bonds. The molecule has 1 nitrogen and oxygen atoms in total. The van der Waals surface area contributed by atoms with Gasteiger partial charge in [0.25, 0.3) is 0 Å². The molecule has 0 spiro atoms. The molecule has 0 aromatic heterocycles. The molecule has 1 rings (SSSR count). The van der Waals surface area contributed by atoms with Crippen LogP contribution in [-0.2, 0) is 0 Å². The van der Waals surface area contributed by atoms with E-state index < -0.39 is 5.92 Å². The molecule has 2 unspecified atom stereocenters. The Morgan fingerprint density at radius 1 is 1.57 bits per heavy atom. The first-order valence-electron chi connectivity index (χ1n) is 5.22. The minimum atomic E-state index is -2.46. The standard InChI is InChI=1S/C11H19F2N/c1-8(9(2)14)6-10-4-3-5-11(12,13)7-10/h6,9-10H,3-5,7,14H2,1-2H3/b8-6+. The Balaban J connectivity index is 2.57. The summed E-state index contributed by atoms with van der Waals surface area (Å²) in [6.07, 6.45) is 3.48. The van der Waals surface area contributed by atoms with Crippen molar-refractivity contribution in [3.8, 4) is 0 Å². The van der Waals surface area contributed by atoms with E-state index >= 15 is 0 Å². The summed E-state index contributed by atoms with van der Waals surface area (Å²) in [5.74, 6) is -2.44. The molecule has 0 aromatic carbocycles. The summed E-state index contributed by atoms with van der Waals surface area (Å²) in [7, 11) is 0. The molecule has 2 N–H and O–H groups in total. The van der Waals surface area contributed by atoms with E-state index in [0.29, 0.717) is 6.42 Å². The first kappa shape index (κ1) is 11.6. The van der Waals surface area contributed by atoms with Gasteiger partial charge in [-0.15, -0.1) is 0 Å². The van der Waals surface area contributed by atoms with E-state index in [2.05, 4.69) is 0 Å². The highest BCUT2D eigenvalue weighted by Gasteiger charge is 2.35. The fourth-order valence-corrected chi connectivity index (χ4v) is 1.88. The third-order valence-corrected chi connectivity index (χ3v) is 2.90. The average molecular weight is 203 g/mol. The average Bonchev–Trinajstić information content (AvgIpc) is 2.01. The minimum absolute atomic E-state index is 0.00292. The second kappa shape index (κ2) is 4.39. The number of rotatable bonds is 2. The molecule has 1 fully saturated rings. The quantitative estimate of drug-likeness (QED) is 0.686. The van der Waals surface area contributed by atoms with Crippen molar-refractivity contribution < 1.29 is 8.78 Å². The van der Waals surface area contributed by atoms with Crippen molar-refractivity contribution in [2.45, 2.75) is 51.5 Å². The van der Waals surface area contributed by atoms with Crippen molar-refractivity contribution in [1.29, 1.82) is 0 Å². The lowest BCUT2D eigenvalue weighted by Gasteiger charge is -2.27. The Bertz CT molecular complexity index is 221. The van der Waals surface area contributed by atoms with Gasteiger partial charge in [-0.25, -0.2) is 8.78 Å². The number of allylic oxidation sites excluding steroid dienone is 1. The van der Waals surface area contributed by atoms with Gasteiger partial charge in [0.2, 0.25) is 5.92 Å². The van der Waals surface area contributed by atoms with Gasteiger partial charge in [-0.2, -0.15) is 0 Å². The van der Waals surface area contributed by atoms with Crippen molar-refractivity contribution in [2.24, 2.45) is 11.7 Å². The smallest absolute Gasteiger partial charge is 0.248 e. The van der Waals surface area contributed by atoms with Gasteiger partial charge < -0.3 is 5.73 Å². The van der Waals surface area contributed by atoms with Crippen LogP contribution in [0.4, 0.5) is 8.78 Å². The van der Waals surface area contributed by atoms with Crippen molar-refractivity contribution in [3.05, 3.63) is 11.6 Å². The normalized spacial score (nSPS) is 30.1. The summed E-state index contributed by atoms with van der Waals surface area (Å²) in [5, 5.41) is 0. The first-order chi connectivity index (χ1) is 6.41. The van der Waals surface area contributed by atoms with Crippen LogP contribution in [0.1, 0.15) is 39.5 Å². The highest BCUT2D eigenvalue weighted by Crippen LogP contribution is 2.37. The molecule has 0 saturated heterocycles. The molecule has 0 heterocycles. The third-order valence-electron chi connectivity index (χ3n) is 2.90. The Kier molecular flexibility index (Phi) is 3.65. The van der Waals surface area contributed by atoms with Gasteiger partial charge in [-0.05, 0) is 32.6 Å². The van der Waals surface area contributed by atoms with E-state index in [4.69, 9.17) is 5.73 Å². The molecule has 1 aliphatic rings. The van der Waals surface area contributed by atoms with Crippen molar-refractivity contribution >= 4 is 0 Å². The maximum atomic E-state index is 13.0. The Hall–Kier alpha value is -0.440. The minimum Gasteiger partial charge on any atom is -0.324 e. The summed E-state index contributed by atoms with van der Waals surface area (Å²) in [5.41, 5.74) is 6.69. The van der Waals surface area contributed by atoms with E-state index in [9.17, 15) is 8.78 Å². The fourth-order valence-electron chi connectivity index (χ4n) is 1.88. The summed E-state index contributed by atoms with van der Waals surface area (Å²) >= 11 is 0. The van der Waals surface area contributed by atoms with E-state index in [1.807, 2.05) is 19.9 Å². The van der Waals surface area contributed by atoms with Crippen LogP contribution in [-0.4, -0.2) is 12.0 Å². The fraction of sp³-hybridized carbons (Fsp3) is 0.818. The molecule has 0 aromatic rings. The molecule has 1 saturated carbocycles. The lowest BCUT2D eigenvalue weighted by Crippen LogP contribution is -2.26. The first-order valence-corrected chi connectivity index (χ1v) is 5.22. The zero-order valence-corrected chi connectivity index (χ0v) is 8.89. The third kappa shape index (κ3) is 3.37. The van der Waals surface area contributed by atoms with Crippen LogP contribution in [0.25, 0.3) is 0 Å². The van der Waals surface area contributed by atoms with Crippen molar-refractivity contribution in [3.63, 3.8) is 0 Å². The topological polar surface area (TPSA) is 26.0 Å². The molecule has 2 atom stereocenters. The molecule has 14 heavy (non-hydrogen) atoms. The number of hydrogen-bond donors (Lipinski definition) is 1. The lowest BCUT2D eigenvalue weighted by atomic mass is 9.85. The summed E-state index contributed by atoms with van der Waals surface area (Å²) < 4.78 is 26.1. The molecule has 82 valence electrons. The second-order valence-electron chi connectivity index (χ2n) is 4.41. The van der Waals surface area contributed by atoms with Gasteiger partial charge in [0, 0.05) is 18.9 Å². The van der Waals surface area contributed by atoms with Crippen LogP contribution in [0.15, 0.2) is 11.6 Å². The van der Waals surface area contributed by atoms with Gasteiger partial charge in [0.05, 0.1) is 0 Å². The number of nitrogens with two attached hydrogens (primary N) is 1. The van der Waals surface area contributed by atoms with Gasteiger partial charge in [-0.1, -0.05) is 11.6 Å². The Morgan fingerprint density at radius 3 is 2.71 bits per heavy atom. The van der Waals surface area contributed by atoms with Crippen molar-refractivity contribution in [1.82, 2.24) is 0 Å². The zero-order chi connectivity index (χ0) is 10.8. The molecule has 3 heteroatoms. The predicted molar refractivity (Wildman–Crippen MR) is 54.3 cm³/mol. The summed E-state index contributed by atoms with van der Waals surface area (Å²) in [4.78, 5) is 0. The number of alkyl halides is 2. The van der Waals surface area contributed by atoms with Crippen LogP contribution < -0.4 is 5.73 Å². The van der Waals surface area contributed by atoms with Gasteiger partial charge in [-0.3, -0.25) is 0 Å². The van der Waals surface area contributed by atoms with Crippen molar-refractivity contribution in [2.75, 3.05) is 0 Å². The van der Waals surface area contributed by atoms with E-state index in [-0.39, 0.29) is 24.8 Å². The van der Waals surface area contributed by atoms with Gasteiger partial charge in [0.1, 0.15) is 0 Å². The van der Waals surface area contributed by atoms with E-state index in [0.717, 1.165) is 12.0 Å². The van der Waals surface area contributed by atoms with Crippen LogP contribution in [0.5, 0.6) is 0 Å². The Labute approximate surface area is 84.4 Å². The van der Waals surface area contributed by atoms with Crippen LogP contribution in [0.3, 0.4) is 0 Å². The molecular formula is C11H19F2N. The zero-order valence-electron chi connectivity index (χ0n) is 8.89. The van der Waals surface area contributed by atoms with E-state index in [1.54, 1.807) is 0 Å². The number of halogens is 2. The van der Waals surface area contributed by atoms with E-state index in [1.165, 1.54) is 0 Å².